The molecule has 0 saturated heterocycles. The molecule has 0 heterocycles. The standard InChI is InChI=1S/C28H24Br2N2O3/c1-19-6-5-7-22(14-19)32-27(33)18-34-28-25(29)15-20(16-26(28)30)17-31-21-10-12-24(13-11-21)35-23-8-3-2-4-9-23/h2-16,31H,17-18H2,1H3,(H,32,33). The Morgan fingerprint density at radius 1 is 0.800 bits per heavy atom. The van der Waals surface area contributed by atoms with Crippen molar-refractivity contribution in [2.45, 2.75) is 13.5 Å². The fourth-order valence-electron chi connectivity index (χ4n) is 3.38. The molecule has 0 bridgehead atoms. The van der Waals surface area contributed by atoms with Crippen LogP contribution in [-0.4, -0.2) is 12.5 Å². The van der Waals surface area contributed by atoms with E-state index in [0.717, 1.165) is 42.9 Å². The molecule has 7 heteroatoms. The van der Waals surface area contributed by atoms with Crippen molar-refractivity contribution in [2.75, 3.05) is 17.2 Å². The van der Waals surface area contributed by atoms with Crippen molar-refractivity contribution in [1.29, 1.82) is 0 Å². The Morgan fingerprint density at radius 3 is 2.17 bits per heavy atom. The zero-order valence-electron chi connectivity index (χ0n) is 19.1. The molecule has 35 heavy (non-hydrogen) atoms. The molecular weight excluding hydrogens is 572 g/mol. The molecule has 0 unspecified atom stereocenters. The second-order valence-electron chi connectivity index (χ2n) is 7.89. The first-order valence-electron chi connectivity index (χ1n) is 11.0. The van der Waals surface area contributed by atoms with E-state index < -0.39 is 0 Å². The van der Waals surface area contributed by atoms with Gasteiger partial charge in [0.2, 0.25) is 0 Å². The molecule has 4 rings (SSSR count). The molecule has 0 aliphatic heterocycles. The van der Waals surface area contributed by atoms with Gasteiger partial charge in [-0.3, -0.25) is 4.79 Å². The molecule has 0 atom stereocenters. The topological polar surface area (TPSA) is 59.6 Å². The van der Waals surface area contributed by atoms with Gasteiger partial charge in [0.15, 0.2) is 6.61 Å². The Kier molecular flexibility index (Phi) is 8.45. The highest BCUT2D eigenvalue weighted by Crippen LogP contribution is 2.35. The average Bonchev–Trinajstić information content (AvgIpc) is 2.84. The van der Waals surface area contributed by atoms with Crippen LogP contribution in [0, 0.1) is 6.92 Å². The van der Waals surface area contributed by atoms with E-state index in [1.165, 1.54) is 0 Å². The largest absolute Gasteiger partial charge is 0.481 e. The minimum absolute atomic E-state index is 0.0971. The smallest absolute Gasteiger partial charge is 0.262 e. The highest BCUT2D eigenvalue weighted by Gasteiger charge is 2.12. The Labute approximate surface area is 221 Å². The minimum Gasteiger partial charge on any atom is -0.481 e. The number of ether oxygens (including phenoxy) is 2. The number of halogens is 2. The summed E-state index contributed by atoms with van der Waals surface area (Å²) in [5, 5.41) is 6.25. The van der Waals surface area contributed by atoms with Crippen molar-refractivity contribution >= 4 is 49.1 Å². The van der Waals surface area contributed by atoms with E-state index in [1.54, 1.807) is 0 Å². The monoisotopic (exact) mass is 594 g/mol. The maximum atomic E-state index is 12.3. The van der Waals surface area contributed by atoms with Crippen LogP contribution in [0.4, 0.5) is 11.4 Å². The van der Waals surface area contributed by atoms with Crippen LogP contribution in [0.15, 0.2) is 99.9 Å². The van der Waals surface area contributed by atoms with Crippen molar-refractivity contribution in [3.8, 4) is 17.2 Å². The Bertz CT molecular complexity index is 1270. The number of nitrogens with one attached hydrogen (secondary N) is 2. The highest BCUT2D eigenvalue weighted by atomic mass is 79.9. The third-order valence-electron chi connectivity index (χ3n) is 5.04. The van der Waals surface area contributed by atoms with Crippen molar-refractivity contribution in [1.82, 2.24) is 0 Å². The maximum Gasteiger partial charge on any atom is 0.262 e. The molecule has 2 N–H and O–H groups in total. The lowest BCUT2D eigenvalue weighted by atomic mass is 10.2. The Morgan fingerprint density at radius 2 is 1.49 bits per heavy atom. The quantitative estimate of drug-likeness (QED) is 0.206. The number of hydrogen-bond acceptors (Lipinski definition) is 4. The number of carbonyl (C=O) groups is 1. The lowest BCUT2D eigenvalue weighted by Gasteiger charge is -2.14. The fourth-order valence-corrected chi connectivity index (χ4v) is 4.89. The van der Waals surface area contributed by atoms with Crippen LogP contribution >= 0.6 is 31.9 Å². The number of anilines is 2. The van der Waals surface area contributed by atoms with Gasteiger partial charge in [-0.15, -0.1) is 0 Å². The van der Waals surface area contributed by atoms with Crippen molar-refractivity contribution < 1.29 is 14.3 Å². The first-order valence-corrected chi connectivity index (χ1v) is 12.6. The molecule has 0 spiro atoms. The van der Waals surface area contributed by atoms with Gasteiger partial charge in [-0.1, -0.05) is 30.3 Å². The number of benzene rings is 4. The van der Waals surface area contributed by atoms with Crippen LogP contribution in [0.1, 0.15) is 11.1 Å². The Hall–Kier alpha value is -3.29. The van der Waals surface area contributed by atoms with Crippen LogP contribution in [0.5, 0.6) is 17.2 Å². The van der Waals surface area contributed by atoms with Crippen LogP contribution in [-0.2, 0) is 11.3 Å². The maximum absolute atomic E-state index is 12.3. The van der Waals surface area contributed by atoms with Crippen LogP contribution < -0.4 is 20.1 Å². The van der Waals surface area contributed by atoms with Gasteiger partial charge in [0.1, 0.15) is 17.2 Å². The fraction of sp³-hybridized carbons (Fsp3) is 0.107. The number of carbonyl (C=O) groups excluding carboxylic acids is 1. The normalized spacial score (nSPS) is 10.5. The summed E-state index contributed by atoms with van der Waals surface area (Å²) >= 11 is 7.12. The molecule has 0 radical (unpaired) electrons. The minimum atomic E-state index is -0.222. The van der Waals surface area contributed by atoms with Crippen molar-refractivity contribution in [3.63, 3.8) is 0 Å². The SMILES string of the molecule is Cc1cccc(NC(=O)COc2c(Br)cc(CNc3ccc(Oc4ccccc4)cc3)cc2Br)c1. The van der Waals surface area contributed by atoms with E-state index in [2.05, 4.69) is 42.5 Å². The van der Waals surface area contributed by atoms with Gasteiger partial charge in [-0.2, -0.15) is 0 Å². The van der Waals surface area contributed by atoms with Crippen molar-refractivity contribution in [2.24, 2.45) is 0 Å². The summed E-state index contributed by atoms with van der Waals surface area (Å²) in [5.41, 5.74) is 3.85. The van der Waals surface area contributed by atoms with Crippen LogP contribution in [0.3, 0.4) is 0 Å². The van der Waals surface area contributed by atoms with Gasteiger partial charge in [0, 0.05) is 17.9 Å². The van der Waals surface area contributed by atoms with E-state index in [4.69, 9.17) is 9.47 Å². The number of hydrogen-bond donors (Lipinski definition) is 2. The summed E-state index contributed by atoms with van der Waals surface area (Å²) in [5.74, 6) is 1.94. The number of aryl methyl sites for hydroxylation is 1. The Balaban J connectivity index is 1.30. The van der Waals surface area contributed by atoms with Crippen LogP contribution in [0.25, 0.3) is 0 Å². The molecule has 1 amide bonds. The molecule has 0 fully saturated rings. The second kappa shape index (κ2) is 11.9. The van der Waals surface area contributed by atoms with Gasteiger partial charge in [-0.05, 0) is 111 Å². The predicted molar refractivity (Wildman–Crippen MR) is 147 cm³/mol. The van der Waals surface area contributed by atoms with E-state index in [9.17, 15) is 4.79 Å². The zero-order valence-corrected chi connectivity index (χ0v) is 22.2. The second-order valence-corrected chi connectivity index (χ2v) is 9.60. The van der Waals surface area contributed by atoms with Gasteiger partial charge in [0.05, 0.1) is 8.95 Å². The molecule has 4 aromatic carbocycles. The van der Waals surface area contributed by atoms with E-state index in [0.29, 0.717) is 12.3 Å². The van der Waals surface area contributed by atoms with Gasteiger partial charge < -0.3 is 20.1 Å². The summed E-state index contributed by atoms with van der Waals surface area (Å²) < 4.78 is 13.1. The van der Waals surface area contributed by atoms with Crippen molar-refractivity contribution in [3.05, 3.63) is 111 Å². The summed E-state index contributed by atoms with van der Waals surface area (Å²) in [7, 11) is 0. The van der Waals surface area contributed by atoms with Gasteiger partial charge in [-0.25, -0.2) is 0 Å². The molecule has 5 nitrogen and oxygen atoms in total. The molecule has 178 valence electrons. The molecular formula is C28H24Br2N2O3. The lowest BCUT2D eigenvalue weighted by molar-refractivity contribution is -0.118. The van der Waals surface area contributed by atoms with E-state index in [-0.39, 0.29) is 12.5 Å². The summed E-state index contributed by atoms with van der Waals surface area (Å²) in [6.45, 7) is 2.50. The lowest BCUT2D eigenvalue weighted by Crippen LogP contribution is -2.20. The molecule has 0 aliphatic rings. The summed E-state index contributed by atoms with van der Waals surface area (Å²) in [4.78, 5) is 12.3. The molecule has 0 aromatic heterocycles. The molecule has 0 aliphatic carbocycles. The third kappa shape index (κ3) is 7.34. The van der Waals surface area contributed by atoms with E-state index >= 15 is 0 Å². The molecule has 0 saturated carbocycles. The highest BCUT2D eigenvalue weighted by molar-refractivity contribution is 9.11. The van der Waals surface area contributed by atoms with Gasteiger partial charge >= 0.3 is 0 Å². The molecule has 4 aromatic rings. The average molecular weight is 596 g/mol. The summed E-state index contributed by atoms with van der Waals surface area (Å²) in [6.07, 6.45) is 0. The first-order chi connectivity index (χ1) is 17.0. The number of amides is 1. The number of para-hydroxylation sites is 1. The summed E-state index contributed by atoms with van der Waals surface area (Å²) in [6, 6.07) is 29.1. The predicted octanol–water partition coefficient (Wildman–Crippen LogP) is 7.94. The first kappa shape index (κ1) is 24.8. The van der Waals surface area contributed by atoms with Crippen LogP contribution in [0.2, 0.25) is 0 Å². The zero-order chi connectivity index (χ0) is 24.6. The van der Waals surface area contributed by atoms with E-state index in [1.807, 2.05) is 97.9 Å². The van der Waals surface area contributed by atoms with Gasteiger partial charge in [0.25, 0.3) is 5.91 Å². The number of rotatable bonds is 9. The third-order valence-corrected chi connectivity index (χ3v) is 6.22.